The van der Waals surface area contributed by atoms with Crippen molar-refractivity contribution in [2.75, 3.05) is 19.5 Å². The first kappa shape index (κ1) is 19.4. The first-order valence-corrected chi connectivity index (χ1v) is 9.25. The minimum absolute atomic E-state index is 0.343. The summed E-state index contributed by atoms with van der Waals surface area (Å²) in [5.74, 6) is 0.896. The highest BCUT2D eigenvalue weighted by Gasteiger charge is 2.12. The molecule has 2 aromatic carbocycles. The van der Waals surface area contributed by atoms with E-state index in [1.807, 2.05) is 30.5 Å². The molecule has 1 N–H and O–H groups in total. The maximum absolute atomic E-state index is 13.4. The molecule has 0 saturated carbocycles. The molecule has 0 bridgehead atoms. The molecular formula is C21H18FN3O2S. The normalized spacial score (nSPS) is 11.0. The second-order valence-corrected chi connectivity index (χ2v) is 6.74. The number of nitriles is 1. The van der Waals surface area contributed by atoms with Crippen LogP contribution in [-0.2, 0) is 0 Å². The van der Waals surface area contributed by atoms with Gasteiger partial charge in [0.2, 0.25) is 0 Å². The predicted octanol–water partition coefficient (Wildman–Crippen LogP) is 5.25. The Hall–Kier alpha value is -3.37. The lowest BCUT2D eigenvalue weighted by Crippen LogP contribution is -1.94. The second-order valence-electron chi connectivity index (χ2n) is 5.88. The summed E-state index contributed by atoms with van der Waals surface area (Å²) in [6, 6.07) is 12.1. The lowest BCUT2D eigenvalue weighted by molar-refractivity contribution is 0.355. The zero-order chi connectivity index (χ0) is 20.1. The molecule has 0 unspecified atom stereocenters. The third-order valence-corrected chi connectivity index (χ3v) is 4.98. The Kier molecular flexibility index (Phi) is 5.92. The van der Waals surface area contributed by atoms with Gasteiger partial charge in [-0.2, -0.15) is 5.26 Å². The van der Waals surface area contributed by atoms with Crippen molar-refractivity contribution in [1.29, 1.82) is 5.26 Å². The number of methoxy groups -OCH3 is 2. The number of anilines is 1. The molecule has 142 valence electrons. The van der Waals surface area contributed by atoms with E-state index in [4.69, 9.17) is 9.47 Å². The van der Waals surface area contributed by atoms with E-state index in [1.54, 1.807) is 26.5 Å². The number of allylic oxidation sites excluding steroid dienone is 1. The van der Waals surface area contributed by atoms with E-state index in [0.29, 0.717) is 27.8 Å². The van der Waals surface area contributed by atoms with Crippen LogP contribution in [0, 0.1) is 24.1 Å². The Labute approximate surface area is 166 Å². The van der Waals surface area contributed by atoms with E-state index in [2.05, 4.69) is 16.4 Å². The van der Waals surface area contributed by atoms with Gasteiger partial charge in [0.1, 0.15) is 22.5 Å². The molecule has 3 rings (SSSR count). The van der Waals surface area contributed by atoms with E-state index >= 15 is 0 Å². The molecule has 3 aromatic rings. The summed E-state index contributed by atoms with van der Waals surface area (Å²) in [6.07, 6.45) is 1.54. The number of hydrogen-bond donors (Lipinski definition) is 1. The Morgan fingerprint density at radius 3 is 2.68 bits per heavy atom. The SMILES string of the molecule is COc1ccc(-c2csc(C(C#N)=CNc3cc(F)ccc3C)n2)cc1OC. The molecule has 28 heavy (non-hydrogen) atoms. The van der Waals surface area contributed by atoms with Crippen LogP contribution in [0.15, 0.2) is 48.0 Å². The number of hydrogen-bond acceptors (Lipinski definition) is 6. The van der Waals surface area contributed by atoms with Gasteiger partial charge >= 0.3 is 0 Å². The van der Waals surface area contributed by atoms with Crippen molar-refractivity contribution in [3.8, 4) is 28.8 Å². The summed E-state index contributed by atoms with van der Waals surface area (Å²) in [4.78, 5) is 4.55. The van der Waals surface area contributed by atoms with Crippen molar-refractivity contribution < 1.29 is 13.9 Å². The molecule has 0 amide bonds. The lowest BCUT2D eigenvalue weighted by Gasteiger charge is -2.08. The van der Waals surface area contributed by atoms with Gasteiger partial charge in [-0.3, -0.25) is 0 Å². The Balaban J connectivity index is 1.87. The topological polar surface area (TPSA) is 67.2 Å². The summed E-state index contributed by atoms with van der Waals surface area (Å²) < 4.78 is 24.0. The maximum Gasteiger partial charge on any atom is 0.161 e. The highest BCUT2D eigenvalue weighted by Crippen LogP contribution is 2.33. The van der Waals surface area contributed by atoms with E-state index in [1.165, 1.54) is 23.5 Å². The zero-order valence-electron chi connectivity index (χ0n) is 15.6. The fraction of sp³-hybridized carbons (Fsp3) is 0.143. The monoisotopic (exact) mass is 395 g/mol. The highest BCUT2D eigenvalue weighted by molar-refractivity contribution is 7.11. The molecule has 0 radical (unpaired) electrons. The van der Waals surface area contributed by atoms with Gasteiger partial charge in [0.05, 0.1) is 19.9 Å². The van der Waals surface area contributed by atoms with Crippen LogP contribution in [-0.4, -0.2) is 19.2 Å². The quantitative estimate of drug-likeness (QED) is 0.577. The number of benzene rings is 2. The molecule has 1 heterocycles. The van der Waals surface area contributed by atoms with Gasteiger partial charge in [-0.25, -0.2) is 9.37 Å². The second kappa shape index (κ2) is 8.55. The van der Waals surface area contributed by atoms with Crippen LogP contribution >= 0.6 is 11.3 Å². The third kappa shape index (κ3) is 4.13. The molecule has 0 aliphatic carbocycles. The first-order valence-electron chi connectivity index (χ1n) is 8.37. The summed E-state index contributed by atoms with van der Waals surface area (Å²) >= 11 is 1.35. The molecule has 0 atom stereocenters. The average Bonchev–Trinajstić information content (AvgIpc) is 3.20. The number of halogens is 1. The minimum Gasteiger partial charge on any atom is -0.493 e. The van der Waals surface area contributed by atoms with Gasteiger partial charge in [0.15, 0.2) is 11.5 Å². The maximum atomic E-state index is 13.4. The molecule has 0 spiro atoms. The van der Waals surface area contributed by atoms with Crippen LogP contribution in [0.1, 0.15) is 10.6 Å². The van der Waals surface area contributed by atoms with Gasteiger partial charge in [-0.05, 0) is 42.8 Å². The lowest BCUT2D eigenvalue weighted by atomic mass is 10.1. The summed E-state index contributed by atoms with van der Waals surface area (Å²) in [5, 5.41) is 14.9. The fourth-order valence-electron chi connectivity index (χ4n) is 2.57. The van der Waals surface area contributed by atoms with Crippen molar-refractivity contribution in [3.63, 3.8) is 0 Å². The van der Waals surface area contributed by atoms with Crippen LogP contribution in [0.2, 0.25) is 0 Å². The number of aryl methyl sites for hydroxylation is 1. The molecule has 0 saturated heterocycles. The number of rotatable bonds is 6. The van der Waals surface area contributed by atoms with Crippen molar-refractivity contribution in [1.82, 2.24) is 4.98 Å². The molecule has 1 aromatic heterocycles. The number of aromatic nitrogens is 1. The Bertz CT molecular complexity index is 1070. The van der Waals surface area contributed by atoms with Crippen molar-refractivity contribution in [3.05, 3.63) is 64.4 Å². The molecule has 0 aliphatic heterocycles. The van der Waals surface area contributed by atoms with Gasteiger partial charge < -0.3 is 14.8 Å². The molecule has 5 nitrogen and oxygen atoms in total. The molecular weight excluding hydrogens is 377 g/mol. The summed E-state index contributed by atoms with van der Waals surface area (Å²) in [7, 11) is 3.15. The van der Waals surface area contributed by atoms with Crippen LogP contribution < -0.4 is 14.8 Å². The standard InChI is InChI=1S/C21H18FN3O2S/c1-13-4-6-16(22)9-17(13)24-11-15(10-23)21-25-18(12-28-21)14-5-7-19(26-2)20(8-14)27-3/h4-9,11-12,24H,1-3H3. The largest absolute Gasteiger partial charge is 0.493 e. The Morgan fingerprint density at radius 2 is 1.96 bits per heavy atom. The van der Waals surface area contributed by atoms with Gasteiger partial charge in [-0.1, -0.05) is 6.07 Å². The van der Waals surface area contributed by atoms with Crippen LogP contribution in [0.4, 0.5) is 10.1 Å². The number of nitrogens with zero attached hydrogens (tertiary/aromatic N) is 2. The van der Waals surface area contributed by atoms with Gasteiger partial charge in [-0.15, -0.1) is 11.3 Å². The van der Waals surface area contributed by atoms with E-state index in [-0.39, 0.29) is 5.82 Å². The Morgan fingerprint density at radius 1 is 1.18 bits per heavy atom. The van der Waals surface area contributed by atoms with E-state index < -0.39 is 0 Å². The van der Waals surface area contributed by atoms with E-state index in [0.717, 1.165) is 16.8 Å². The van der Waals surface area contributed by atoms with Crippen molar-refractivity contribution in [2.24, 2.45) is 0 Å². The molecule has 0 fully saturated rings. The average molecular weight is 395 g/mol. The van der Waals surface area contributed by atoms with Crippen LogP contribution in [0.5, 0.6) is 11.5 Å². The predicted molar refractivity (Wildman–Crippen MR) is 109 cm³/mol. The number of ether oxygens (including phenoxy) is 2. The van der Waals surface area contributed by atoms with Crippen molar-refractivity contribution >= 4 is 22.6 Å². The number of thiazole rings is 1. The minimum atomic E-state index is -0.343. The molecule has 7 heteroatoms. The molecule has 0 aliphatic rings. The zero-order valence-corrected chi connectivity index (χ0v) is 16.4. The van der Waals surface area contributed by atoms with Gasteiger partial charge in [0, 0.05) is 22.8 Å². The summed E-state index contributed by atoms with van der Waals surface area (Å²) in [6.45, 7) is 1.86. The van der Waals surface area contributed by atoms with Crippen molar-refractivity contribution in [2.45, 2.75) is 6.92 Å². The summed E-state index contributed by atoms with van der Waals surface area (Å²) in [5.41, 5.74) is 3.42. The smallest absolute Gasteiger partial charge is 0.161 e. The third-order valence-electron chi connectivity index (χ3n) is 4.11. The fourth-order valence-corrected chi connectivity index (χ4v) is 3.36. The van der Waals surface area contributed by atoms with Crippen LogP contribution in [0.25, 0.3) is 16.8 Å². The van der Waals surface area contributed by atoms with E-state index in [9.17, 15) is 9.65 Å². The number of nitrogens with one attached hydrogen (secondary N) is 1. The highest BCUT2D eigenvalue weighted by atomic mass is 32.1. The van der Waals surface area contributed by atoms with Gasteiger partial charge in [0.25, 0.3) is 0 Å². The van der Waals surface area contributed by atoms with Crippen LogP contribution in [0.3, 0.4) is 0 Å². The first-order chi connectivity index (χ1) is 13.5.